The van der Waals surface area contributed by atoms with Crippen molar-refractivity contribution >= 4 is 28.0 Å². The number of para-hydroxylation sites is 1. The van der Waals surface area contributed by atoms with Crippen LogP contribution in [-0.4, -0.2) is 18.1 Å². The molecule has 1 aliphatic heterocycles. The molecule has 0 saturated carbocycles. The smallest absolute Gasteiger partial charge is 0.136 e. The molecule has 3 aromatic rings. The van der Waals surface area contributed by atoms with Crippen molar-refractivity contribution in [3.63, 3.8) is 0 Å². The normalized spacial score (nSPS) is 14.5. The van der Waals surface area contributed by atoms with Crippen LogP contribution in [0.4, 0.5) is 17.2 Å². The maximum absolute atomic E-state index is 4.64. The summed E-state index contributed by atoms with van der Waals surface area (Å²) in [5, 5.41) is 5.97. The van der Waals surface area contributed by atoms with E-state index in [2.05, 4.69) is 51.6 Å². The first-order valence-corrected chi connectivity index (χ1v) is 7.86. The molecule has 0 spiro atoms. The minimum atomic E-state index is 1.11. The van der Waals surface area contributed by atoms with Crippen LogP contribution in [0.3, 0.4) is 0 Å². The Balaban J connectivity index is 1.78. The number of hydrogen-bond acceptors (Lipinski definition) is 3. The maximum Gasteiger partial charge on any atom is 0.136 e. The summed E-state index contributed by atoms with van der Waals surface area (Å²) < 4.78 is 0. The van der Waals surface area contributed by atoms with E-state index in [0.717, 1.165) is 30.3 Å². The van der Waals surface area contributed by atoms with Gasteiger partial charge >= 0.3 is 0 Å². The van der Waals surface area contributed by atoms with Crippen molar-refractivity contribution in [3.05, 3.63) is 60.8 Å². The van der Waals surface area contributed by atoms with Gasteiger partial charge in [-0.3, -0.25) is 0 Å². The molecule has 4 rings (SSSR count). The van der Waals surface area contributed by atoms with Gasteiger partial charge in [0.25, 0.3) is 0 Å². The molecule has 0 amide bonds. The highest BCUT2D eigenvalue weighted by molar-refractivity contribution is 6.01. The predicted octanol–water partition coefficient (Wildman–Crippen LogP) is 4.58. The predicted molar refractivity (Wildman–Crippen MR) is 92.9 cm³/mol. The summed E-state index contributed by atoms with van der Waals surface area (Å²) in [6.07, 6.45) is 4.45. The number of pyridine rings is 1. The van der Waals surface area contributed by atoms with E-state index in [1.54, 1.807) is 0 Å². The van der Waals surface area contributed by atoms with Crippen LogP contribution in [0.5, 0.6) is 0 Å². The number of fused-ring (bicyclic) bond motifs is 1. The number of hydrogen-bond donors (Lipinski definition) is 1. The van der Waals surface area contributed by atoms with E-state index in [1.165, 1.54) is 23.6 Å². The lowest BCUT2D eigenvalue weighted by molar-refractivity contribution is 0.946. The Kier molecular flexibility index (Phi) is 3.39. The lowest BCUT2D eigenvalue weighted by Gasteiger charge is -2.19. The molecule has 1 fully saturated rings. The molecule has 1 aromatic heterocycles. The van der Waals surface area contributed by atoms with Crippen LogP contribution in [0.15, 0.2) is 60.8 Å². The van der Waals surface area contributed by atoms with Crippen molar-refractivity contribution in [2.75, 3.05) is 23.3 Å². The Hall–Kier alpha value is -2.55. The van der Waals surface area contributed by atoms with Crippen molar-refractivity contribution in [2.24, 2.45) is 0 Å². The summed E-state index contributed by atoms with van der Waals surface area (Å²) in [5.74, 6) is 1.12. The Labute approximate surface area is 130 Å². The zero-order valence-corrected chi connectivity index (χ0v) is 12.5. The van der Waals surface area contributed by atoms with Crippen LogP contribution in [0, 0.1) is 0 Å². The number of nitrogens with one attached hydrogen (secondary N) is 1. The van der Waals surface area contributed by atoms with Gasteiger partial charge in [0.1, 0.15) is 5.82 Å². The van der Waals surface area contributed by atoms with Crippen LogP contribution >= 0.6 is 0 Å². The zero-order chi connectivity index (χ0) is 14.8. The molecule has 0 radical (unpaired) electrons. The number of nitrogens with zero attached hydrogens (tertiary/aromatic N) is 2. The second-order valence-electron chi connectivity index (χ2n) is 5.72. The third-order valence-electron chi connectivity index (χ3n) is 4.24. The van der Waals surface area contributed by atoms with Crippen LogP contribution in [0.1, 0.15) is 12.8 Å². The van der Waals surface area contributed by atoms with Gasteiger partial charge in [-0.25, -0.2) is 4.98 Å². The highest BCUT2D eigenvalue weighted by atomic mass is 15.2. The summed E-state index contributed by atoms with van der Waals surface area (Å²) in [6.45, 7) is 2.23. The molecular weight excluding hydrogens is 270 g/mol. The quantitative estimate of drug-likeness (QED) is 0.765. The molecule has 2 heterocycles. The summed E-state index contributed by atoms with van der Waals surface area (Å²) in [5.41, 5.74) is 2.24. The molecule has 2 aromatic carbocycles. The minimum Gasteiger partial charge on any atom is -0.356 e. The molecule has 1 aliphatic rings. The number of aromatic nitrogens is 1. The fourth-order valence-electron chi connectivity index (χ4n) is 3.16. The molecule has 3 heteroatoms. The summed E-state index contributed by atoms with van der Waals surface area (Å²) in [7, 11) is 0. The van der Waals surface area contributed by atoms with E-state index in [4.69, 9.17) is 0 Å². The van der Waals surface area contributed by atoms with Gasteiger partial charge < -0.3 is 10.2 Å². The Morgan fingerprint density at radius 2 is 1.64 bits per heavy atom. The average Bonchev–Trinajstić information content (AvgIpc) is 3.10. The van der Waals surface area contributed by atoms with Gasteiger partial charge in [0, 0.05) is 41.4 Å². The number of rotatable bonds is 3. The van der Waals surface area contributed by atoms with Gasteiger partial charge in [0.15, 0.2) is 0 Å². The third kappa shape index (κ3) is 2.39. The van der Waals surface area contributed by atoms with Crippen LogP contribution in [-0.2, 0) is 0 Å². The third-order valence-corrected chi connectivity index (χ3v) is 4.24. The second kappa shape index (κ2) is 5.68. The van der Waals surface area contributed by atoms with Crippen LogP contribution < -0.4 is 10.2 Å². The summed E-state index contributed by atoms with van der Waals surface area (Å²) >= 11 is 0. The lowest BCUT2D eigenvalue weighted by Crippen LogP contribution is -2.19. The van der Waals surface area contributed by atoms with Gasteiger partial charge in [0.2, 0.25) is 0 Å². The number of anilines is 3. The summed E-state index contributed by atoms with van der Waals surface area (Å²) in [6, 6.07) is 18.8. The number of benzene rings is 2. The fraction of sp³-hybridized carbons (Fsp3) is 0.211. The van der Waals surface area contributed by atoms with Crippen molar-refractivity contribution < 1.29 is 0 Å². The first-order chi connectivity index (χ1) is 10.9. The topological polar surface area (TPSA) is 28.2 Å². The minimum absolute atomic E-state index is 1.11. The molecule has 1 N–H and O–H groups in total. The second-order valence-corrected chi connectivity index (χ2v) is 5.72. The Morgan fingerprint density at radius 3 is 2.45 bits per heavy atom. The molecular formula is C19H19N3. The molecule has 110 valence electrons. The molecule has 0 atom stereocenters. The lowest BCUT2D eigenvalue weighted by atomic mass is 10.1. The van der Waals surface area contributed by atoms with Crippen LogP contribution in [0.25, 0.3) is 10.8 Å². The molecule has 3 nitrogen and oxygen atoms in total. The average molecular weight is 289 g/mol. The molecule has 0 aliphatic carbocycles. The van der Waals surface area contributed by atoms with Gasteiger partial charge in [-0.05, 0) is 37.1 Å². The SMILES string of the molecule is c1ccc(Nc2cccc3c(N4CCCC4)nccc23)cc1. The standard InChI is InChI=1S/C19H19N3/c1-2-7-15(8-3-1)21-18-10-6-9-17-16(18)11-12-20-19(17)22-13-4-5-14-22/h1-3,6-12,21H,4-5,13-14H2. The van der Waals surface area contributed by atoms with Crippen molar-refractivity contribution in [2.45, 2.75) is 12.8 Å². The Morgan fingerprint density at radius 1 is 0.818 bits per heavy atom. The maximum atomic E-state index is 4.64. The molecule has 22 heavy (non-hydrogen) atoms. The Bertz CT molecular complexity index is 777. The molecule has 1 saturated heterocycles. The molecule has 0 unspecified atom stereocenters. The first-order valence-electron chi connectivity index (χ1n) is 7.86. The monoisotopic (exact) mass is 289 g/mol. The largest absolute Gasteiger partial charge is 0.356 e. The zero-order valence-electron chi connectivity index (χ0n) is 12.5. The van der Waals surface area contributed by atoms with Crippen LogP contribution in [0.2, 0.25) is 0 Å². The van der Waals surface area contributed by atoms with E-state index in [-0.39, 0.29) is 0 Å². The van der Waals surface area contributed by atoms with E-state index in [9.17, 15) is 0 Å². The van der Waals surface area contributed by atoms with E-state index >= 15 is 0 Å². The fourth-order valence-corrected chi connectivity index (χ4v) is 3.16. The van der Waals surface area contributed by atoms with E-state index in [0.29, 0.717) is 0 Å². The van der Waals surface area contributed by atoms with Crippen molar-refractivity contribution in [1.82, 2.24) is 4.98 Å². The molecule has 0 bridgehead atoms. The highest BCUT2D eigenvalue weighted by Gasteiger charge is 2.16. The van der Waals surface area contributed by atoms with Gasteiger partial charge in [-0.1, -0.05) is 30.3 Å². The van der Waals surface area contributed by atoms with Crippen molar-refractivity contribution in [3.8, 4) is 0 Å². The first kappa shape index (κ1) is 13.1. The van der Waals surface area contributed by atoms with Gasteiger partial charge in [0.05, 0.1) is 0 Å². The van der Waals surface area contributed by atoms with E-state index in [1.807, 2.05) is 24.4 Å². The van der Waals surface area contributed by atoms with E-state index < -0.39 is 0 Å². The summed E-state index contributed by atoms with van der Waals surface area (Å²) in [4.78, 5) is 7.03. The van der Waals surface area contributed by atoms with Crippen molar-refractivity contribution in [1.29, 1.82) is 0 Å². The van der Waals surface area contributed by atoms with Gasteiger partial charge in [-0.2, -0.15) is 0 Å². The van der Waals surface area contributed by atoms with Gasteiger partial charge in [-0.15, -0.1) is 0 Å². The highest BCUT2D eigenvalue weighted by Crippen LogP contribution is 2.32.